The Hall–Kier alpha value is 0.0649. The van der Waals surface area contributed by atoms with E-state index >= 15 is 0 Å². The lowest BCUT2D eigenvalue weighted by Gasteiger charge is -2.25. The van der Waals surface area contributed by atoms with Crippen LogP contribution in [-0.4, -0.2) is 7.28 Å². The van der Waals surface area contributed by atoms with Crippen LogP contribution in [-0.2, 0) is 0 Å². The van der Waals surface area contributed by atoms with Crippen LogP contribution >= 0.6 is 0 Å². The average Bonchev–Trinajstić information content (AvgIpc) is 1.55. The van der Waals surface area contributed by atoms with Gasteiger partial charge in [-0.3, -0.25) is 0 Å². The molecule has 1 saturated heterocycles. The molecule has 0 saturated carbocycles. The highest BCUT2D eigenvalue weighted by molar-refractivity contribution is 6.41. The van der Waals surface area contributed by atoms with E-state index in [1.165, 1.54) is 26.4 Å². The third kappa shape index (κ3) is 1.54. The van der Waals surface area contributed by atoms with Crippen LogP contribution in [0.15, 0.2) is 0 Å². The van der Waals surface area contributed by atoms with Crippen LogP contribution in [0.4, 0.5) is 0 Å². The molecule has 0 bridgehead atoms. The zero-order valence-electron chi connectivity index (χ0n) is 5.98. The van der Waals surface area contributed by atoms with E-state index in [1.807, 2.05) is 0 Å². The van der Waals surface area contributed by atoms with E-state index in [2.05, 4.69) is 13.8 Å². The lowest BCUT2D eigenvalue weighted by molar-refractivity contribution is 0.523. The molecule has 0 aliphatic carbocycles. The standard InChI is InChI=1S/C7H15B/c1-6(2)5-7-3-4-8-7/h6-8H,3-5H2,1-2H3. The normalized spacial score (nSPS) is 27.1. The number of hydrogen-bond donors (Lipinski definition) is 0. The molecule has 0 aromatic carbocycles. The monoisotopic (exact) mass is 110 g/mol. The minimum atomic E-state index is 0.931. The van der Waals surface area contributed by atoms with E-state index in [0.717, 1.165) is 11.7 Å². The Kier molecular flexibility index (Phi) is 1.98. The highest BCUT2D eigenvalue weighted by Gasteiger charge is 2.19. The Balaban J connectivity index is 2.01. The van der Waals surface area contributed by atoms with Crippen molar-refractivity contribution in [3.05, 3.63) is 0 Å². The van der Waals surface area contributed by atoms with Crippen LogP contribution in [0.3, 0.4) is 0 Å². The van der Waals surface area contributed by atoms with Crippen LogP contribution in [0.25, 0.3) is 0 Å². The lowest BCUT2D eigenvalue weighted by Crippen LogP contribution is -2.16. The van der Waals surface area contributed by atoms with E-state index in [1.54, 1.807) is 0 Å². The minimum Gasteiger partial charge on any atom is -0.0776 e. The highest BCUT2D eigenvalue weighted by atomic mass is 14.1. The van der Waals surface area contributed by atoms with Gasteiger partial charge in [-0.1, -0.05) is 38.8 Å². The quantitative estimate of drug-likeness (QED) is 0.477. The van der Waals surface area contributed by atoms with Gasteiger partial charge in [-0.2, -0.15) is 0 Å². The molecule has 0 aromatic heterocycles. The highest BCUT2D eigenvalue weighted by Crippen LogP contribution is 2.31. The van der Waals surface area contributed by atoms with Gasteiger partial charge in [-0.05, 0) is 5.92 Å². The molecule has 0 amide bonds. The van der Waals surface area contributed by atoms with Crippen molar-refractivity contribution in [3.63, 3.8) is 0 Å². The van der Waals surface area contributed by atoms with Crippen molar-refractivity contribution in [3.8, 4) is 0 Å². The summed E-state index contributed by atoms with van der Waals surface area (Å²) in [6.45, 7) is 4.64. The maximum absolute atomic E-state index is 2.32. The summed E-state index contributed by atoms with van der Waals surface area (Å²) in [5.74, 6) is 2.04. The van der Waals surface area contributed by atoms with Crippen molar-refractivity contribution >= 4 is 7.28 Å². The van der Waals surface area contributed by atoms with E-state index in [9.17, 15) is 0 Å². The molecule has 0 spiro atoms. The molecule has 0 aromatic rings. The zero-order chi connectivity index (χ0) is 5.98. The van der Waals surface area contributed by atoms with Gasteiger partial charge in [-0.25, -0.2) is 0 Å². The van der Waals surface area contributed by atoms with Gasteiger partial charge in [0, 0.05) is 0 Å². The van der Waals surface area contributed by atoms with Crippen LogP contribution in [0.5, 0.6) is 0 Å². The summed E-state index contributed by atoms with van der Waals surface area (Å²) in [5.41, 5.74) is 0. The molecule has 1 aliphatic rings. The Bertz CT molecular complexity index is 64.8. The predicted octanol–water partition coefficient (Wildman–Crippen LogP) is 2.08. The summed E-state index contributed by atoms with van der Waals surface area (Å²) in [6, 6.07) is 0. The fourth-order valence-electron chi connectivity index (χ4n) is 1.40. The van der Waals surface area contributed by atoms with Gasteiger partial charge < -0.3 is 0 Å². The molecule has 1 unspecified atom stereocenters. The van der Waals surface area contributed by atoms with Crippen LogP contribution in [0, 0.1) is 5.92 Å². The van der Waals surface area contributed by atoms with Crippen LogP contribution in [0.1, 0.15) is 26.7 Å². The van der Waals surface area contributed by atoms with Crippen molar-refractivity contribution in [1.29, 1.82) is 0 Å². The first-order valence-electron chi connectivity index (χ1n) is 3.79. The lowest BCUT2D eigenvalue weighted by atomic mass is 9.46. The summed E-state index contributed by atoms with van der Waals surface area (Å²) in [4.78, 5) is 0. The van der Waals surface area contributed by atoms with Crippen molar-refractivity contribution in [2.75, 3.05) is 0 Å². The second-order valence-electron chi connectivity index (χ2n) is 3.43. The first-order valence-corrected chi connectivity index (χ1v) is 3.79. The molecule has 1 heteroatoms. The summed E-state index contributed by atoms with van der Waals surface area (Å²) in [6.07, 6.45) is 4.48. The Morgan fingerprint density at radius 1 is 1.62 bits per heavy atom. The van der Waals surface area contributed by atoms with E-state index in [-0.39, 0.29) is 0 Å². The predicted molar refractivity (Wildman–Crippen MR) is 39.8 cm³/mol. The number of rotatable bonds is 2. The molecule has 1 heterocycles. The Morgan fingerprint density at radius 2 is 2.25 bits per heavy atom. The summed E-state index contributed by atoms with van der Waals surface area (Å²) >= 11 is 0. The molecule has 0 radical (unpaired) electrons. The van der Waals surface area contributed by atoms with Crippen LogP contribution in [0.2, 0.25) is 12.1 Å². The molecule has 1 atom stereocenters. The van der Waals surface area contributed by atoms with Gasteiger partial charge in [0.05, 0.1) is 0 Å². The largest absolute Gasteiger partial charge is 0.124 e. The maximum Gasteiger partial charge on any atom is 0.124 e. The Morgan fingerprint density at radius 3 is 2.38 bits per heavy atom. The maximum atomic E-state index is 2.32. The summed E-state index contributed by atoms with van der Waals surface area (Å²) < 4.78 is 0. The molecule has 1 rings (SSSR count). The van der Waals surface area contributed by atoms with Gasteiger partial charge in [0.1, 0.15) is 7.28 Å². The first-order chi connectivity index (χ1) is 3.79. The molecule has 1 fully saturated rings. The smallest absolute Gasteiger partial charge is 0.0776 e. The van der Waals surface area contributed by atoms with E-state index in [4.69, 9.17) is 0 Å². The fraction of sp³-hybridized carbons (Fsp3) is 1.00. The molecule has 1 aliphatic heterocycles. The van der Waals surface area contributed by atoms with Gasteiger partial charge in [0.15, 0.2) is 0 Å². The molecule has 0 N–H and O–H groups in total. The van der Waals surface area contributed by atoms with Gasteiger partial charge in [0.25, 0.3) is 0 Å². The van der Waals surface area contributed by atoms with Crippen molar-refractivity contribution < 1.29 is 0 Å². The Labute approximate surface area is 52.9 Å². The van der Waals surface area contributed by atoms with Gasteiger partial charge >= 0.3 is 0 Å². The minimum absolute atomic E-state index is 0.931. The van der Waals surface area contributed by atoms with Crippen molar-refractivity contribution in [1.82, 2.24) is 0 Å². The van der Waals surface area contributed by atoms with E-state index in [0.29, 0.717) is 0 Å². The second kappa shape index (κ2) is 2.57. The topological polar surface area (TPSA) is 0 Å². The second-order valence-corrected chi connectivity index (χ2v) is 3.43. The average molecular weight is 110 g/mol. The van der Waals surface area contributed by atoms with Gasteiger partial charge in [-0.15, -0.1) is 0 Å². The summed E-state index contributed by atoms with van der Waals surface area (Å²) in [5, 5.41) is 0. The molecule has 0 nitrogen and oxygen atoms in total. The summed E-state index contributed by atoms with van der Waals surface area (Å²) in [7, 11) is 1.51. The third-order valence-electron chi connectivity index (χ3n) is 2.03. The fourth-order valence-corrected chi connectivity index (χ4v) is 1.40. The number of hydrogen-bond acceptors (Lipinski definition) is 0. The van der Waals surface area contributed by atoms with E-state index < -0.39 is 0 Å². The molecular formula is C7H15B. The third-order valence-corrected chi connectivity index (χ3v) is 2.03. The zero-order valence-corrected chi connectivity index (χ0v) is 5.98. The van der Waals surface area contributed by atoms with Crippen molar-refractivity contribution in [2.45, 2.75) is 38.8 Å². The molecular weight excluding hydrogens is 94.9 g/mol. The SMILES string of the molecule is CC(C)CC1BCC1. The van der Waals surface area contributed by atoms with Crippen molar-refractivity contribution in [2.24, 2.45) is 5.92 Å². The molecule has 46 valence electrons. The van der Waals surface area contributed by atoms with Crippen LogP contribution < -0.4 is 0 Å². The molecule has 8 heavy (non-hydrogen) atoms. The van der Waals surface area contributed by atoms with Gasteiger partial charge in [0.2, 0.25) is 0 Å². The first kappa shape index (κ1) is 6.19.